The van der Waals surface area contributed by atoms with Gasteiger partial charge in [-0.15, -0.1) is 11.3 Å². The number of carbonyl (C=O) groups is 6. The first-order valence-corrected chi connectivity index (χ1v) is 26.7. The number of aryl methyl sites for hydroxylation is 1. The van der Waals surface area contributed by atoms with Gasteiger partial charge in [0.2, 0.25) is 17.7 Å². The molecule has 6 amide bonds. The van der Waals surface area contributed by atoms with E-state index in [1.807, 2.05) is 25.1 Å². The fraction of sp³-hybridized carbons (Fsp3) is 0.518. The van der Waals surface area contributed by atoms with Crippen molar-refractivity contribution in [3.05, 3.63) is 89.1 Å². The minimum atomic E-state index is -1.97. The van der Waals surface area contributed by atoms with E-state index >= 15 is 0 Å². The average Bonchev–Trinajstić information content (AvgIpc) is 3.75. The second kappa shape index (κ2) is 25.7. The van der Waals surface area contributed by atoms with Gasteiger partial charge in [0.05, 0.1) is 40.2 Å². The summed E-state index contributed by atoms with van der Waals surface area (Å²) in [7, 11) is 0. The number of nitrogens with one attached hydrogen (secondary N) is 5. The van der Waals surface area contributed by atoms with E-state index in [9.17, 15) is 38.3 Å². The fourth-order valence-electron chi connectivity index (χ4n) is 8.62. The number of aliphatic hydroxyl groups is 1. The van der Waals surface area contributed by atoms with Gasteiger partial charge in [0.25, 0.3) is 11.8 Å². The summed E-state index contributed by atoms with van der Waals surface area (Å²) in [5, 5.41) is 24.6. The molecule has 6 N–H and O–H groups in total. The quantitative estimate of drug-likeness (QED) is 0.0365. The van der Waals surface area contributed by atoms with Crippen LogP contribution in [0.1, 0.15) is 147 Å². The molecule has 2 aliphatic rings. The van der Waals surface area contributed by atoms with Crippen LogP contribution < -0.4 is 31.3 Å². The number of alkyl halides is 1. The number of anilines is 3. The van der Waals surface area contributed by atoms with Gasteiger partial charge in [-0.2, -0.15) is 0 Å². The maximum atomic E-state index is 14.6. The summed E-state index contributed by atoms with van der Waals surface area (Å²) in [5.41, 5.74) is 2.79. The Hall–Kier alpha value is -6.40. The van der Waals surface area contributed by atoms with Crippen molar-refractivity contribution in [1.29, 1.82) is 0 Å². The number of halogens is 1. The SMILES string of the molecule is Cc1ncsc1-c1ccc(CNC(=O)[C@@H]2C[C@@H](O)CN2C(=O)[C@@H](NC(=O)C2(F)CC2)C(C)(C)C)c(OCCCCCCCCCCCC(=O)Nc2ccc(C(=O)Nc3ccccc3NC(=O)OC(C)(C)C)cc2)c1. The summed E-state index contributed by atoms with van der Waals surface area (Å²) in [6, 6.07) is 17.3. The standard InChI is InChI=1S/C56H74FN7O9S/c1-36-47(74-35-59-36)38-22-23-39(33-58-50(68)44-32-41(65)34-64(44)51(69)48(54(2,3)4)63-52(70)56(57)28-29-56)45(31-38)72-30-18-14-12-10-8-9-11-13-15-21-46(66)60-40-26-24-37(25-27-40)49(67)61-42-19-16-17-20-43(42)62-53(71)73-55(5,6)7/h16-17,19-20,22-27,31,35,41,44,48,65H,8-15,18,21,28-30,32-34H2,1-7H3,(H,58,68)(H,60,66)(H,61,67)(H,62,71)(H,63,70)/t41-,44+,48-/m1/s1. The number of rotatable bonds is 24. The summed E-state index contributed by atoms with van der Waals surface area (Å²) < 4.78 is 26.3. The number of β-amino-alcohol motifs (C(OH)–C–C–N with tert-alkyl or cyclic N) is 1. The lowest BCUT2D eigenvalue weighted by Gasteiger charge is -2.35. The molecule has 400 valence electrons. The number of benzene rings is 3. The number of para-hydroxylation sites is 2. The Morgan fingerprint density at radius 2 is 1.47 bits per heavy atom. The molecule has 2 fully saturated rings. The number of unbranched alkanes of at least 4 members (excludes halogenated alkanes) is 8. The number of hydrogen-bond acceptors (Lipinski definition) is 11. The van der Waals surface area contributed by atoms with E-state index in [4.69, 9.17) is 9.47 Å². The van der Waals surface area contributed by atoms with Crippen LogP contribution in [0.25, 0.3) is 10.4 Å². The van der Waals surface area contributed by atoms with Gasteiger partial charge in [0, 0.05) is 42.7 Å². The molecule has 0 radical (unpaired) electrons. The van der Waals surface area contributed by atoms with Gasteiger partial charge in [-0.1, -0.05) is 90.0 Å². The molecule has 1 aliphatic heterocycles. The van der Waals surface area contributed by atoms with Crippen molar-refractivity contribution >= 4 is 64.0 Å². The van der Waals surface area contributed by atoms with E-state index in [1.54, 1.807) is 95.6 Å². The second-order valence-electron chi connectivity index (χ2n) is 21.5. The first-order chi connectivity index (χ1) is 35.1. The van der Waals surface area contributed by atoms with Gasteiger partial charge in [0.1, 0.15) is 23.4 Å². The van der Waals surface area contributed by atoms with Crippen LogP contribution in [0.3, 0.4) is 0 Å². The van der Waals surface area contributed by atoms with Crippen LogP contribution in [0.2, 0.25) is 0 Å². The highest BCUT2D eigenvalue weighted by Gasteiger charge is 2.53. The minimum absolute atomic E-state index is 0.0309. The Morgan fingerprint density at radius 3 is 2.08 bits per heavy atom. The first kappa shape index (κ1) is 56.9. The maximum absolute atomic E-state index is 14.6. The van der Waals surface area contributed by atoms with E-state index in [-0.39, 0.29) is 44.2 Å². The summed E-state index contributed by atoms with van der Waals surface area (Å²) in [5.74, 6) is -1.63. The predicted molar refractivity (Wildman–Crippen MR) is 286 cm³/mol. The van der Waals surface area contributed by atoms with Gasteiger partial charge in [-0.05, 0) is 107 Å². The number of likely N-dealkylation sites (tertiary alicyclic amines) is 1. The lowest BCUT2D eigenvalue weighted by Crippen LogP contribution is -2.59. The van der Waals surface area contributed by atoms with Crippen LogP contribution in [-0.2, 0) is 30.5 Å². The number of ether oxygens (including phenoxy) is 2. The topological polar surface area (TPSA) is 217 Å². The van der Waals surface area contributed by atoms with Crippen molar-refractivity contribution in [2.24, 2.45) is 5.41 Å². The van der Waals surface area contributed by atoms with E-state index in [1.165, 1.54) is 16.2 Å². The van der Waals surface area contributed by atoms with Crippen molar-refractivity contribution in [2.75, 3.05) is 29.1 Å². The maximum Gasteiger partial charge on any atom is 0.412 e. The van der Waals surface area contributed by atoms with Crippen LogP contribution >= 0.6 is 11.3 Å². The summed E-state index contributed by atoms with van der Waals surface area (Å²) in [4.78, 5) is 85.1. The number of amides is 6. The number of thiazole rings is 1. The fourth-order valence-corrected chi connectivity index (χ4v) is 9.42. The van der Waals surface area contributed by atoms with Crippen molar-refractivity contribution in [3.8, 4) is 16.2 Å². The predicted octanol–water partition coefficient (Wildman–Crippen LogP) is 10.2. The van der Waals surface area contributed by atoms with Crippen LogP contribution in [0.4, 0.5) is 26.2 Å². The molecule has 3 aromatic carbocycles. The molecule has 0 unspecified atom stereocenters. The Kier molecular flexibility index (Phi) is 19.8. The molecule has 0 spiro atoms. The highest BCUT2D eigenvalue weighted by atomic mass is 32.1. The smallest absolute Gasteiger partial charge is 0.412 e. The largest absolute Gasteiger partial charge is 0.493 e. The summed E-state index contributed by atoms with van der Waals surface area (Å²) in [6.07, 6.45) is 8.02. The van der Waals surface area contributed by atoms with Gasteiger partial charge >= 0.3 is 6.09 Å². The number of carbonyl (C=O) groups excluding carboxylic acids is 6. The molecular formula is C56H74FN7O9S. The number of aliphatic hydroxyl groups excluding tert-OH is 1. The molecule has 3 atom stereocenters. The molecule has 1 saturated carbocycles. The van der Waals surface area contributed by atoms with Gasteiger partial charge in [0.15, 0.2) is 5.67 Å². The average molecular weight is 1040 g/mol. The molecule has 0 bridgehead atoms. The molecule has 1 aliphatic carbocycles. The zero-order valence-electron chi connectivity index (χ0n) is 43.9. The molecule has 1 aromatic heterocycles. The van der Waals surface area contributed by atoms with Crippen molar-refractivity contribution in [3.63, 3.8) is 0 Å². The molecule has 74 heavy (non-hydrogen) atoms. The Balaban J connectivity index is 0.878. The molecule has 16 nitrogen and oxygen atoms in total. The van der Waals surface area contributed by atoms with Crippen molar-refractivity contribution < 1.29 is 47.7 Å². The number of nitrogens with zero attached hydrogens (tertiary/aromatic N) is 2. The molecule has 1 saturated heterocycles. The minimum Gasteiger partial charge on any atom is -0.493 e. The number of aromatic nitrogens is 1. The van der Waals surface area contributed by atoms with E-state index < -0.39 is 58.7 Å². The third-order valence-electron chi connectivity index (χ3n) is 12.9. The lowest BCUT2D eigenvalue weighted by molar-refractivity contribution is -0.145. The normalized spacial score (nSPS) is 16.4. The zero-order chi connectivity index (χ0) is 53.6. The van der Waals surface area contributed by atoms with E-state index in [0.29, 0.717) is 41.4 Å². The van der Waals surface area contributed by atoms with Crippen LogP contribution in [0.15, 0.2) is 72.2 Å². The molecule has 6 rings (SSSR count). The van der Waals surface area contributed by atoms with Crippen LogP contribution in [0, 0.1) is 12.3 Å². The first-order valence-electron chi connectivity index (χ1n) is 25.8. The van der Waals surface area contributed by atoms with Gasteiger partial charge in [-0.3, -0.25) is 29.3 Å². The third kappa shape index (κ3) is 16.8. The van der Waals surface area contributed by atoms with E-state index in [2.05, 4.69) is 31.6 Å². The Labute approximate surface area is 438 Å². The van der Waals surface area contributed by atoms with Crippen molar-refractivity contribution in [1.82, 2.24) is 20.5 Å². The summed E-state index contributed by atoms with van der Waals surface area (Å²) >= 11 is 1.54. The summed E-state index contributed by atoms with van der Waals surface area (Å²) in [6.45, 7) is 13.1. The Morgan fingerprint density at radius 1 is 0.838 bits per heavy atom. The Bertz CT molecular complexity index is 2590. The highest BCUT2D eigenvalue weighted by Crippen LogP contribution is 2.41. The zero-order valence-corrected chi connectivity index (χ0v) is 44.7. The third-order valence-corrected chi connectivity index (χ3v) is 13.9. The monoisotopic (exact) mass is 1040 g/mol. The van der Waals surface area contributed by atoms with Gasteiger partial charge in [-0.25, -0.2) is 14.2 Å². The van der Waals surface area contributed by atoms with Gasteiger partial charge < -0.3 is 40.7 Å². The molecular weight excluding hydrogens is 966 g/mol. The number of hydrogen-bond donors (Lipinski definition) is 6. The molecule has 2 heterocycles. The van der Waals surface area contributed by atoms with Crippen molar-refractivity contribution in [2.45, 2.75) is 168 Å². The van der Waals surface area contributed by atoms with Crippen LogP contribution in [-0.4, -0.2) is 93.2 Å². The van der Waals surface area contributed by atoms with Crippen LogP contribution in [0.5, 0.6) is 5.75 Å². The molecule has 4 aromatic rings. The highest BCUT2D eigenvalue weighted by molar-refractivity contribution is 7.13. The molecule has 18 heteroatoms. The van der Waals surface area contributed by atoms with E-state index in [0.717, 1.165) is 79.5 Å². The lowest BCUT2D eigenvalue weighted by atomic mass is 9.85. The second-order valence-corrected chi connectivity index (χ2v) is 22.3.